The zero-order valence-corrected chi connectivity index (χ0v) is 19.4. The lowest BCUT2D eigenvalue weighted by Gasteiger charge is -2.24. The highest BCUT2D eigenvalue weighted by Gasteiger charge is 2.17. The quantitative estimate of drug-likeness (QED) is 0.326. The second-order valence-electron chi connectivity index (χ2n) is 7.74. The van der Waals surface area contributed by atoms with Gasteiger partial charge in [0.05, 0.1) is 18.2 Å². The van der Waals surface area contributed by atoms with E-state index in [-0.39, 0.29) is 11.9 Å². The van der Waals surface area contributed by atoms with Crippen LogP contribution in [0.25, 0.3) is 22.3 Å². The number of rotatable bonds is 9. The summed E-state index contributed by atoms with van der Waals surface area (Å²) >= 11 is 0. The van der Waals surface area contributed by atoms with Gasteiger partial charge in [-0.1, -0.05) is 0 Å². The summed E-state index contributed by atoms with van der Waals surface area (Å²) in [5.41, 5.74) is 11.1. The van der Waals surface area contributed by atoms with Crippen molar-refractivity contribution in [3.05, 3.63) is 54.1 Å². The minimum atomic E-state index is -0.254. The summed E-state index contributed by atoms with van der Waals surface area (Å²) in [6.07, 6.45) is 8.43. The Morgan fingerprint density at radius 2 is 2.12 bits per heavy atom. The normalized spacial score (nSPS) is 12.3. The Bertz CT molecular complexity index is 1330. The van der Waals surface area contributed by atoms with Crippen LogP contribution in [-0.2, 0) is 4.74 Å². The zero-order chi connectivity index (χ0) is 24.1. The van der Waals surface area contributed by atoms with Gasteiger partial charge in [-0.25, -0.2) is 9.97 Å². The second kappa shape index (κ2) is 10.2. The molecule has 174 valence electrons. The average molecular weight is 458 g/mol. The van der Waals surface area contributed by atoms with Crippen LogP contribution in [0.1, 0.15) is 17.2 Å². The van der Waals surface area contributed by atoms with E-state index in [1.54, 1.807) is 32.8 Å². The molecular weight excluding hydrogens is 430 g/mol. The number of pyridine rings is 2. The highest BCUT2D eigenvalue weighted by atomic mass is 16.5. The molecule has 0 aliphatic rings. The Morgan fingerprint density at radius 1 is 1.26 bits per heavy atom. The third kappa shape index (κ3) is 4.76. The molecule has 0 aliphatic heterocycles. The molecule has 0 fully saturated rings. The van der Waals surface area contributed by atoms with Crippen molar-refractivity contribution < 1.29 is 4.74 Å². The van der Waals surface area contributed by atoms with Crippen LogP contribution in [0, 0.1) is 12.3 Å². The van der Waals surface area contributed by atoms with E-state index in [0.717, 1.165) is 33.5 Å². The van der Waals surface area contributed by atoms with E-state index in [4.69, 9.17) is 15.9 Å². The molecule has 1 atom stereocenters. The van der Waals surface area contributed by atoms with Gasteiger partial charge >= 0.3 is 0 Å². The number of nitrogen functional groups attached to an aromatic ring is 1. The van der Waals surface area contributed by atoms with E-state index in [9.17, 15) is 0 Å². The standard InChI is InChI=1S/C24H27N9O/c1-15-8-18(4-5-28-15)33(6-7-34-3)22-10-21(31-24(26)32-22)20-14-30-23-19(20)9-16(13-29-23)17(11-25)12-27-2/h4-5,8-14,17,25H,6-7H2,1-3H3,(H,29,30)(H2,26,31,32). The first-order valence-electron chi connectivity index (χ1n) is 10.8. The third-order valence-corrected chi connectivity index (χ3v) is 5.42. The van der Waals surface area contributed by atoms with E-state index in [2.05, 4.69) is 29.9 Å². The molecule has 0 amide bonds. The van der Waals surface area contributed by atoms with Crippen molar-refractivity contribution in [2.24, 2.45) is 4.99 Å². The molecule has 0 radical (unpaired) electrons. The average Bonchev–Trinajstić information content (AvgIpc) is 3.26. The lowest BCUT2D eigenvalue weighted by molar-refractivity contribution is 0.207. The number of hydrogen-bond acceptors (Lipinski definition) is 9. The number of nitrogens with one attached hydrogen (secondary N) is 2. The number of ether oxygens (including phenoxy) is 1. The van der Waals surface area contributed by atoms with Gasteiger partial charge in [-0.05, 0) is 30.7 Å². The molecule has 0 aliphatic carbocycles. The number of aromatic amines is 1. The molecule has 10 nitrogen and oxygen atoms in total. The van der Waals surface area contributed by atoms with Crippen LogP contribution in [-0.4, -0.2) is 64.7 Å². The number of methoxy groups -OCH3 is 1. The van der Waals surface area contributed by atoms with Crippen molar-refractivity contribution in [2.75, 3.05) is 37.9 Å². The fourth-order valence-corrected chi connectivity index (χ4v) is 3.79. The number of nitrogens with zero attached hydrogens (tertiary/aromatic N) is 6. The topological polar surface area (TPSA) is 142 Å². The molecule has 4 aromatic rings. The minimum absolute atomic E-state index is 0.162. The number of aryl methyl sites for hydroxylation is 1. The number of aromatic nitrogens is 5. The van der Waals surface area contributed by atoms with Gasteiger partial charge in [0.25, 0.3) is 0 Å². The molecule has 0 saturated heterocycles. The Kier molecular flexibility index (Phi) is 6.88. The first-order chi connectivity index (χ1) is 16.5. The van der Waals surface area contributed by atoms with Crippen molar-refractivity contribution in [1.29, 1.82) is 5.41 Å². The van der Waals surface area contributed by atoms with Crippen LogP contribution in [0.4, 0.5) is 17.5 Å². The summed E-state index contributed by atoms with van der Waals surface area (Å²) in [4.78, 5) is 27.1. The number of H-pyrrole nitrogens is 1. The fourth-order valence-electron chi connectivity index (χ4n) is 3.79. The van der Waals surface area contributed by atoms with E-state index in [0.29, 0.717) is 24.7 Å². The number of hydrogen-bond donors (Lipinski definition) is 3. The monoisotopic (exact) mass is 457 g/mol. The maximum Gasteiger partial charge on any atom is 0.222 e. The van der Waals surface area contributed by atoms with Crippen molar-refractivity contribution in [2.45, 2.75) is 12.8 Å². The van der Waals surface area contributed by atoms with Gasteiger partial charge in [0.1, 0.15) is 11.5 Å². The lowest BCUT2D eigenvalue weighted by Crippen LogP contribution is -2.23. The van der Waals surface area contributed by atoms with Crippen LogP contribution < -0.4 is 10.6 Å². The van der Waals surface area contributed by atoms with Crippen molar-refractivity contribution in [3.63, 3.8) is 0 Å². The minimum Gasteiger partial charge on any atom is -0.383 e. The summed E-state index contributed by atoms with van der Waals surface area (Å²) in [6.45, 7) is 3.02. The van der Waals surface area contributed by atoms with E-state index in [1.165, 1.54) is 6.21 Å². The van der Waals surface area contributed by atoms with Crippen LogP contribution in [0.15, 0.2) is 47.8 Å². The van der Waals surface area contributed by atoms with Crippen molar-refractivity contribution in [1.82, 2.24) is 24.9 Å². The molecular formula is C24H27N9O. The Balaban J connectivity index is 1.81. The smallest absolute Gasteiger partial charge is 0.222 e. The molecule has 4 rings (SSSR count). The Labute approximate surface area is 197 Å². The fraction of sp³-hybridized carbons (Fsp3) is 0.250. The van der Waals surface area contributed by atoms with Crippen LogP contribution in [0.2, 0.25) is 0 Å². The number of fused-ring (bicyclic) bond motifs is 1. The van der Waals surface area contributed by atoms with Crippen LogP contribution in [0.3, 0.4) is 0 Å². The molecule has 1 unspecified atom stereocenters. The van der Waals surface area contributed by atoms with Crippen LogP contribution in [0.5, 0.6) is 0 Å². The summed E-state index contributed by atoms with van der Waals surface area (Å²) in [6, 6.07) is 7.81. The predicted octanol–water partition coefficient (Wildman–Crippen LogP) is 3.52. The number of aliphatic imine (C=N–C) groups is 1. The van der Waals surface area contributed by atoms with Gasteiger partial charge in [-0.2, -0.15) is 4.98 Å². The van der Waals surface area contributed by atoms with Crippen molar-refractivity contribution >= 4 is 40.9 Å². The van der Waals surface area contributed by atoms with Gasteiger partial charge in [-0.3, -0.25) is 9.98 Å². The first-order valence-corrected chi connectivity index (χ1v) is 10.8. The van der Waals surface area contributed by atoms with E-state index in [1.807, 2.05) is 42.3 Å². The molecule has 4 aromatic heterocycles. The molecule has 4 N–H and O–H groups in total. The van der Waals surface area contributed by atoms with Crippen LogP contribution >= 0.6 is 0 Å². The summed E-state index contributed by atoms with van der Waals surface area (Å²) < 4.78 is 5.33. The summed E-state index contributed by atoms with van der Waals surface area (Å²) in [5, 5.41) is 8.61. The van der Waals surface area contributed by atoms with Crippen molar-refractivity contribution in [3.8, 4) is 11.3 Å². The molecule has 34 heavy (non-hydrogen) atoms. The first kappa shape index (κ1) is 23.0. The van der Waals surface area contributed by atoms with Gasteiger partial charge in [0.2, 0.25) is 5.95 Å². The van der Waals surface area contributed by atoms with E-state index >= 15 is 0 Å². The SMILES string of the molecule is CN=CC(C=N)c1cnc2[nH]cc(-c3cc(N(CCOC)c4ccnc(C)c4)nc(N)n3)c2c1. The maximum absolute atomic E-state index is 7.74. The molecule has 0 saturated carbocycles. The van der Waals surface area contributed by atoms with Gasteiger partial charge in [0, 0.05) is 80.1 Å². The number of nitrogens with two attached hydrogens (primary N) is 1. The largest absolute Gasteiger partial charge is 0.383 e. The van der Waals surface area contributed by atoms with Gasteiger partial charge in [-0.15, -0.1) is 0 Å². The second-order valence-corrected chi connectivity index (χ2v) is 7.74. The molecule has 0 spiro atoms. The highest BCUT2D eigenvalue weighted by molar-refractivity contribution is 5.96. The molecule has 4 heterocycles. The summed E-state index contributed by atoms with van der Waals surface area (Å²) in [5.74, 6) is 0.559. The predicted molar refractivity (Wildman–Crippen MR) is 135 cm³/mol. The molecule has 10 heteroatoms. The summed E-state index contributed by atoms with van der Waals surface area (Å²) in [7, 11) is 3.35. The Hall–Kier alpha value is -4.18. The molecule has 0 bridgehead atoms. The maximum atomic E-state index is 7.74. The Morgan fingerprint density at radius 3 is 2.85 bits per heavy atom. The zero-order valence-electron chi connectivity index (χ0n) is 19.4. The van der Waals surface area contributed by atoms with Gasteiger partial charge < -0.3 is 25.8 Å². The van der Waals surface area contributed by atoms with E-state index < -0.39 is 0 Å². The highest BCUT2D eigenvalue weighted by Crippen LogP contribution is 2.32. The lowest BCUT2D eigenvalue weighted by atomic mass is 10.0. The molecule has 0 aromatic carbocycles. The van der Waals surface area contributed by atoms with Gasteiger partial charge in [0.15, 0.2) is 0 Å². The number of anilines is 3. The third-order valence-electron chi connectivity index (χ3n) is 5.42.